The summed E-state index contributed by atoms with van der Waals surface area (Å²) in [6.45, 7) is 1.62. The number of aliphatic imine (C=N–C) groups is 1. The smallest absolute Gasteiger partial charge is 0.228 e. The normalized spacial score (nSPS) is 24.3. The average molecular weight is 354 g/mol. The molecule has 7 heteroatoms. The van der Waals surface area contributed by atoms with E-state index in [2.05, 4.69) is 9.98 Å². The first-order chi connectivity index (χ1) is 10.9. The van der Waals surface area contributed by atoms with Crippen LogP contribution >= 0.6 is 23.2 Å². The van der Waals surface area contributed by atoms with E-state index in [-0.39, 0.29) is 12.4 Å². The van der Waals surface area contributed by atoms with Crippen LogP contribution in [0.4, 0.5) is 4.39 Å². The largest absolute Gasteiger partial charge is 0.385 e. The molecule has 4 nitrogen and oxygen atoms in total. The van der Waals surface area contributed by atoms with Crippen LogP contribution in [0.1, 0.15) is 12.5 Å². The standard InChI is InChI=1S/C16H14Cl2FN3O/c1-16(15(19)23-8-14(20)22-16)10-2-3-21-13(6-10)9-4-11(17)7-12(18)5-9/h2-7,15H,8H2,1H3,(H2,20,22)/t15-,16-/m1/s1. The van der Waals surface area contributed by atoms with Crippen LogP contribution in [0, 0.1) is 0 Å². The monoisotopic (exact) mass is 353 g/mol. The summed E-state index contributed by atoms with van der Waals surface area (Å²) in [5.41, 5.74) is 6.44. The first-order valence-corrected chi connectivity index (χ1v) is 7.67. The molecule has 0 bridgehead atoms. The van der Waals surface area contributed by atoms with Gasteiger partial charge in [0.25, 0.3) is 0 Å². The molecule has 2 atom stereocenters. The van der Waals surface area contributed by atoms with Crippen molar-refractivity contribution in [2.24, 2.45) is 10.7 Å². The number of ether oxygens (including phenoxy) is 1. The van der Waals surface area contributed by atoms with Gasteiger partial charge in [0.1, 0.15) is 18.0 Å². The van der Waals surface area contributed by atoms with Crippen molar-refractivity contribution in [3.8, 4) is 11.3 Å². The molecule has 0 aliphatic carbocycles. The van der Waals surface area contributed by atoms with Gasteiger partial charge in [-0.2, -0.15) is 0 Å². The van der Waals surface area contributed by atoms with Gasteiger partial charge in [-0.3, -0.25) is 9.98 Å². The Morgan fingerprint density at radius 1 is 1.26 bits per heavy atom. The van der Waals surface area contributed by atoms with Crippen LogP contribution in [-0.4, -0.2) is 23.8 Å². The number of nitrogens with two attached hydrogens (primary N) is 1. The highest BCUT2D eigenvalue weighted by molar-refractivity contribution is 6.35. The zero-order chi connectivity index (χ0) is 16.6. The lowest BCUT2D eigenvalue weighted by atomic mass is 9.91. The second-order valence-electron chi connectivity index (χ2n) is 5.47. The maximum Gasteiger partial charge on any atom is 0.228 e. The lowest BCUT2D eigenvalue weighted by Gasteiger charge is -2.33. The number of alkyl halides is 1. The van der Waals surface area contributed by atoms with E-state index in [0.29, 0.717) is 21.3 Å². The summed E-state index contributed by atoms with van der Waals surface area (Å²) in [7, 11) is 0. The summed E-state index contributed by atoms with van der Waals surface area (Å²) >= 11 is 12.1. The molecule has 0 fully saturated rings. The Bertz CT molecular complexity index is 763. The molecule has 1 aliphatic rings. The predicted octanol–water partition coefficient (Wildman–Crippen LogP) is 3.95. The van der Waals surface area contributed by atoms with Crippen molar-refractivity contribution in [2.45, 2.75) is 18.8 Å². The van der Waals surface area contributed by atoms with E-state index in [1.54, 1.807) is 43.5 Å². The highest BCUT2D eigenvalue weighted by atomic mass is 35.5. The molecular formula is C16H14Cl2FN3O. The van der Waals surface area contributed by atoms with Crippen LogP contribution in [0.25, 0.3) is 11.3 Å². The number of pyridine rings is 1. The molecule has 0 saturated carbocycles. The number of amidine groups is 1. The van der Waals surface area contributed by atoms with E-state index in [1.165, 1.54) is 0 Å². The Morgan fingerprint density at radius 3 is 2.65 bits per heavy atom. The van der Waals surface area contributed by atoms with Gasteiger partial charge in [0.2, 0.25) is 6.36 Å². The summed E-state index contributed by atoms with van der Waals surface area (Å²) in [6.07, 6.45) is -0.00870. The van der Waals surface area contributed by atoms with Crippen LogP contribution in [0.5, 0.6) is 0 Å². The number of hydrogen-bond acceptors (Lipinski definition) is 4. The van der Waals surface area contributed by atoms with Crippen molar-refractivity contribution >= 4 is 29.0 Å². The molecule has 3 rings (SSSR count). The minimum Gasteiger partial charge on any atom is -0.385 e. The highest BCUT2D eigenvalue weighted by Gasteiger charge is 2.40. The number of hydrogen-bond donors (Lipinski definition) is 1. The molecule has 23 heavy (non-hydrogen) atoms. The second-order valence-corrected chi connectivity index (χ2v) is 6.34. The summed E-state index contributed by atoms with van der Waals surface area (Å²) < 4.78 is 19.4. The number of aromatic nitrogens is 1. The minimum atomic E-state index is -1.59. The molecule has 0 saturated heterocycles. The third kappa shape index (κ3) is 3.17. The highest BCUT2D eigenvalue weighted by Crippen LogP contribution is 2.36. The third-order valence-corrected chi connectivity index (χ3v) is 4.13. The zero-order valence-corrected chi connectivity index (χ0v) is 13.8. The Kier molecular flexibility index (Phi) is 4.27. The molecule has 0 spiro atoms. The Morgan fingerprint density at radius 2 is 1.96 bits per heavy atom. The number of benzene rings is 1. The molecule has 120 valence electrons. The first-order valence-electron chi connectivity index (χ1n) is 6.91. The predicted molar refractivity (Wildman–Crippen MR) is 89.5 cm³/mol. The summed E-state index contributed by atoms with van der Waals surface area (Å²) in [6, 6.07) is 8.54. The van der Waals surface area contributed by atoms with Crippen molar-refractivity contribution in [3.63, 3.8) is 0 Å². The van der Waals surface area contributed by atoms with Crippen LogP contribution in [0.2, 0.25) is 10.0 Å². The minimum absolute atomic E-state index is 0.0153. The number of rotatable bonds is 2. The molecule has 2 aromatic rings. The van der Waals surface area contributed by atoms with E-state index in [1.807, 2.05) is 0 Å². The molecule has 0 radical (unpaired) electrons. The fourth-order valence-electron chi connectivity index (χ4n) is 2.50. The lowest BCUT2D eigenvalue weighted by molar-refractivity contribution is -0.0796. The molecule has 1 aromatic carbocycles. The average Bonchev–Trinajstić information content (AvgIpc) is 2.50. The van der Waals surface area contributed by atoms with E-state index in [4.69, 9.17) is 33.7 Å². The molecule has 1 aliphatic heterocycles. The topological polar surface area (TPSA) is 60.5 Å². The summed E-state index contributed by atoms with van der Waals surface area (Å²) in [5.74, 6) is 0.255. The number of nitrogens with zero attached hydrogens (tertiary/aromatic N) is 2. The van der Waals surface area contributed by atoms with Gasteiger partial charge >= 0.3 is 0 Å². The van der Waals surface area contributed by atoms with Gasteiger partial charge in [0.05, 0.1) is 5.69 Å². The second kappa shape index (κ2) is 6.07. The molecular weight excluding hydrogens is 340 g/mol. The Hall–Kier alpha value is -1.69. The zero-order valence-electron chi connectivity index (χ0n) is 12.3. The molecule has 1 aromatic heterocycles. The van der Waals surface area contributed by atoms with E-state index in [9.17, 15) is 4.39 Å². The lowest BCUT2D eigenvalue weighted by Crippen LogP contribution is -2.43. The summed E-state index contributed by atoms with van der Waals surface area (Å²) in [4.78, 5) is 8.55. The van der Waals surface area contributed by atoms with Crippen molar-refractivity contribution in [2.75, 3.05) is 6.61 Å². The van der Waals surface area contributed by atoms with Gasteiger partial charge < -0.3 is 10.5 Å². The van der Waals surface area contributed by atoms with Gasteiger partial charge in [0, 0.05) is 21.8 Å². The fourth-order valence-corrected chi connectivity index (χ4v) is 3.03. The van der Waals surface area contributed by atoms with Crippen molar-refractivity contribution in [1.29, 1.82) is 0 Å². The first kappa shape index (κ1) is 16.2. The molecule has 2 heterocycles. The van der Waals surface area contributed by atoms with Crippen molar-refractivity contribution in [1.82, 2.24) is 4.98 Å². The van der Waals surface area contributed by atoms with Gasteiger partial charge in [-0.15, -0.1) is 0 Å². The van der Waals surface area contributed by atoms with Crippen LogP contribution in [-0.2, 0) is 10.3 Å². The summed E-state index contributed by atoms with van der Waals surface area (Å²) in [5, 5.41) is 0.995. The van der Waals surface area contributed by atoms with Gasteiger partial charge in [-0.1, -0.05) is 23.2 Å². The van der Waals surface area contributed by atoms with E-state index in [0.717, 1.165) is 5.56 Å². The van der Waals surface area contributed by atoms with E-state index < -0.39 is 11.9 Å². The van der Waals surface area contributed by atoms with Crippen molar-refractivity contribution in [3.05, 3.63) is 52.1 Å². The molecule has 0 amide bonds. The quantitative estimate of drug-likeness (QED) is 0.888. The fraction of sp³-hybridized carbons (Fsp3) is 0.250. The van der Waals surface area contributed by atoms with Crippen LogP contribution in [0.15, 0.2) is 41.5 Å². The van der Waals surface area contributed by atoms with Crippen LogP contribution < -0.4 is 5.73 Å². The van der Waals surface area contributed by atoms with Gasteiger partial charge in [0.15, 0.2) is 0 Å². The van der Waals surface area contributed by atoms with E-state index >= 15 is 0 Å². The molecule has 0 unspecified atom stereocenters. The SMILES string of the molecule is C[C@]1(c2ccnc(-c3cc(Cl)cc(Cl)c3)c2)N=C(N)CO[C@H]1F. The van der Waals surface area contributed by atoms with Crippen LogP contribution in [0.3, 0.4) is 0 Å². The van der Waals surface area contributed by atoms with Gasteiger partial charge in [-0.05, 0) is 42.8 Å². The van der Waals surface area contributed by atoms with Crippen molar-refractivity contribution < 1.29 is 9.13 Å². The third-order valence-electron chi connectivity index (χ3n) is 3.70. The Balaban J connectivity index is 2.08. The maximum absolute atomic E-state index is 14.3. The molecule has 2 N–H and O–H groups in total. The van der Waals surface area contributed by atoms with Gasteiger partial charge in [-0.25, -0.2) is 4.39 Å². The Labute approximate surface area is 143 Å². The maximum atomic E-state index is 14.3. The number of halogens is 3.